The van der Waals surface area contributed by atoms with Gasteiger partial charge in [0.2, 0.25) is 0 Å². The Balaban J connectivity index is 1.24. The van der Waals surface area contributed by atoms with Gasteiger partial charge in [0.05, 0.1) is 22.0 Å². The first kappa shape index (κ1) is 39.7. The lowest BCUT2D eigenvalue weighted by molar-refractivity contribution is -0.0919. The molecule has 2 fully saturated rings. The van der Waals surface area contributed by atoms with Gasteiger partial charge in [0.1, 0.15) is 17.2 Å². The van der Waals surface area contributed by atoms with E-state index in [9.17, 15) is 9.00 Å². The Bertz CT molecular complexity index is 1950. The van der Waals surface area contributed by atoms with Crippen LogP contribution in [0.4, 0.5) is 11.5 Å². The molecule has 7 unspecified atom stereocenters. The third kappa shape index (κ3) is 8.58. The summed E-state index contributed by atoms with van der Waals surface area (Å²) in [6.07, 6.45) is 11.2. The molecular weight excluding hydrogens is 730 g/mol. The zero-order valence-electron chi connectivity index (χ0n) is 32.9. The molecule has 3 aromatic rings. The van der Waals surface area contributed by atoms with Crippen LogP contribution in [0, 0.1) is 17.8 Å². The summed E-state index contributed by atoms with van der Waals surface area (Å²) >= 11 is 6.52. The van der Waals surface area contributed by atoms with E-state index >= 15 is 0 Å². The van der Waals surface area contributed by atoms with E-state index in [-0.39, 0.29) is 28.9 Å². The first-order valence-electron chi connectivity index (χ1n) is 20.1. The molecule has 1 saturated carbocycles. The number of benzene rings is 2. The van der Waals surface area contributed by atoms with Crippen LogP contribution in [0.15, 0.2) is 72.9 Å². The lowest BCUT2D eigenvalue weighted by Crippen LogP contribution is -2.58. The molecule has 2 bridgehead atoms. The van der Waals surface area contributed by atoms with Crippen LogP contribution in [0.1, 0.15) is 73.9 Å². The molecule has 4 heterocycles. The SMILES string of the molecule is C=S1(=O)NC(=O)c2ccc3c(c2)N(CC(c2ccc(Cl)cc2CCC)CO3)CC2CCC2C(CN2CCN(c3ccccn3)CC2)(OC)/C=C/CC(C)C1C. The number of anilines is 2. The molecule has 1 saturated heterocycles. The number of aromatic nitrogens is 1. The number of halogens is 1. The summed E-state index contributed by atoms with van der Waals surface area (Å²) in [5.74, 6) is 6.21. The van der Waals surface area contributed by atoms with Crippen molar-refractivity contribution < 1.29 is 18.5 Å². The maximum atomic E-state index is 14.1. The summed E-state index contributed by atoms with van der Waals surface area (Å²) in [5.41, 5.74) is 3.35. The largest absolute Gasteiger partial charge is 0.491 e. The molecule has 0 spiro atoms. The summed E-state index contributed by atoms with van der Waals surface area (Å²) in [7, 11) is -1.09. The van der Waals surface area contributed by atoms with E-state index in [0.29, 0.717) is 24.5 Å². The minimum atomic E-state index is -2.97. The molecule has 7 rings (SSSR count). The summed E-state index contributed by atoms with van der Waals surface area (Å²) in [4.78, 5) is 25.8. The number of allylic oxidation sites excluding steroid dienone is 1. The third-order valence-corrected chi connectivity index (χ3v) is 15.2. The Hall–Kier alpha value is -3.57. The quantitative estimate of drug-likeness (QED) is 0.198. The van der Waals surface area contributed by atoms with Gasteiger partial charge in [0.25, 0.3) is 5.91 Å². The van der Waals surface area contributed by atoms with Crippen molar-refractivity contribution in [2.45, 2.75) is 69.6 Å². The number of piperazine rings is 1. The molecule has 9 nitrogen and oxygen atoms in total. The number of amides is 1. The summed E-state index contributed by atoms with van der Waals surface area (Å²) in [6.45, 7) is 12.7. The molecule has 3 aliphatic heterocycles. The minimum absolute atomic E-state index is 0.0152. The number of nitrogens with one attached hydrogen (secondary N) is 1. The van der Waals surface area contributed by atoms with E-state index in [2.05, 4.69) is 80.5 Å². The van der Waals surface area contributed by atoms with Crippen LogP contribution < -0.4 is 19.3 Å². The molecule has 1 aromatic heterocycles. The molecule has 1 aliphatic carbocycles. The van der Waals surface area contributed by atoms with E-state index in [1.54, 1.807) is 6.07 Å². The summed E-state index contributed by atoms with van der Waals surface area (Å²) in [6, 6.07) is 18.0. The van der Waals surface area contributed by atoms with E-state index in [1.165, 1.54) is 11.1 Å². The van der Waals surface area contributed by atoms with E-state index in [1.807, 2.05) is 44.5 Å². The van der Waals surface area contributed by atoms with Crippen LogP contribution >= 0.6 is 11.6 Å². The van der Waals surface area contributed by atoms with Gasteiger partial charge >= 0.3 is 0 Å². The van der Waals surface area contributed by atoms with E-state index < -0.39 is 15.3 Å². The van der Waals surface area contributed by atoms with Crippen LogP contribution in [-0.2, 0) is 20.9 Å². The lowest BCUT2D eigenvalue weighted by atomic mass is 9.63. The Morgan fingerprint density at radius 3 is 2.58 bits per heavy atom. The molecule has 4 aliphatic rings. The fraction of sp³-hybridized carbons (Fsp3) is 0.523. The third-order valence-electron chi connectivity index (χ3n) is 12.8. The molecule has 11 heteroatoms. The second-order valence-corrected chi connectivity index (χ2v) is 19.1. The highest BCUT2D eigenvalue weighted by Crippen LogP contribution is 2.47. The molecule has 1 amide bonds. The Kier molecular flexibility index (Phi) is 12.2. The lowest BCUT2D eigenvalue weighted by Gasteiger charge is -2.52. The highest BCUT2D eigenvalue weighted by atomic mass is 35.5. The predicted molar refractivity (Wildman–Crippen MR) is 226 cm³/mol. The van der Waals surface area contributed by atoms with Crippen molar-refractivity contribution in [3.05, 3.63) is 94.7 Å². The summed E-state index contributed by atoms with van der Waals surface area (Å²) < 4.78 is 30.2. The fourth-order valence-electron chi connectivity index (χ4n) is 9.13. The molecule has 296 valence electrons. The van der Waals surface area contributed by atoms with Crippen LogP contribution in [0.2, 0.25) is 5.02 Å². The number of fused-ring (bicyclic) bond motifs is 2. The number of nitrogens with zero attached hydrogens (tertiary/aromatic N) is 4. The molecule has 7 atom stereocenters. The van der Waals surface area contributed by atoms with Crippen molar-refractivity contribution >= 4 is 44.6 Å². The highest BCUT2D eigenvalue weighted by molar-refractivity contribution is 7.99. The molecule has 1 N–H and O–H groups in total. The molecule has 0 radical (unpaired) electrons. The number of rotatable bonds is 7. The van der Waals surface area contributed by atoms with Crippen molar-refractivity contribution in [2.24, 2.45) is 17.8 Å². The average molecular weight is 788 g/mol. The number of hydrogen-bond donors (Lipinski definition) is 1. The van der Waals surface area contributed by atoms with Gasteiger partial charge in [-0.2, -0.15) is 0 Å². The number of pyridine rings is 1. The monoisotopic (exact) mass is 787 g/mol. The Morgan fingerprint density at radius 1 is 1.05 bits per heavy atom. The predicted octanol–water partition coefficient (Wildman–Crippen LogP) is 7.25. The van der Waals surface area contributed by atoms with Crippen molar-refractivity contribution in [2.75, 3.05) is 69.3 Å². The number of methoxy groups -OCH3 is 1. The number of aryl methyl sites for hydroxylation is 1. The van der Waals surface area contributed by atoms with Gasteiger partial charge in [-0.05, 0) is 110 Å². The highest BCUT2D eigenvalue weighted by Gasteiger charge is 2.48. The topological polar surface area (TPSA) is 87.2 Å². The van der Waals surface area contributed by atoms with Gasteiger partial charge in [0.15, 0.2) is 0 Å². The van der Waals surface area contributed by atoms with E-state index in [4.69, 9.17) is 21.1 Å². The van der Waals surface area contributed by atoms with Crippen LogP contribution in [0.5, 0.6) is 5.75 Å². The summed E-state index contributed by atoms with van der Waals surface area (Å²) in [5, 5.41) is 0.399. The molecule has 2 aromatic carbocycles. The Morgan fingerprint density at radius 2 is 1.87 bits per heavy atom. The van der Waals surface area contributed by atoms with Crippen LogP contribution in [0.25, 0.3) is 0 Å². The number of carbonyl (C=O) groups excluding carboxylic acids is 1. The first-order chi connectivity index (χ1) is 26.5. The van der Waals surface area contributed by atoms with Crippen molar-refractivity contribution in [3.8, 4) is 5.75 Å². The second-order valence-electron chi connectivity index (χ2n) is 16.2. The van der Waals surface area contributed by atoms with E-state index in [0.717, 1.165) is 93.8 Å². The number of hydrogen-bond acceptors (Lipinski definition) is 8. The standard InChI is InChI=1S/C44H58ClN5O4S/c1-6-10-33-25-37(45)15-16-38(33)36-28-50-27-35-13-17-39(35)44(53-4,30-48-21-23-49(24-22-48)42-12-7-8-20-46-42)19-9-11-31(2)32(3)55(5,52)47-43(51)34-14-18-41(54-29-36)40(50)26-34/h7-9,12,14-16,18-20,25-26,31-32,35-36,39H,5-6,10-11,13,17,21-24,27-30H2,1-4H3,(H,47,51,52)/b19-9+. The zero-order chi connectivity index (χ0) is 38.7. The normalized spacial score (nSPS) is 31.0. The van der Waals surface area contributed by atoms with Crippen molar-refractivity contribution in [1.82, 2.24) is 14.6 Å². The number of carbonyl (C=O) groups is 1. The maximum absolute atomic E-state index is 14.1. The van der Waals surface area contributed by atoms with Gasteiger partial charge in [-0.1, -0.05) is 56.2 Å². The maximum Gasteiger partial charge on any atom is 0.262 e. The van der Waals surface area contributed by atoms with Crippen molar-refractivity contribution in [3.63, 3.8) is 0 Å². The first-order valence-corrected chi connectivity index (χ1v) is 22.3. The molecular formula is C44H58ClN5O4S. The smallest absolute Gasteiger partial charge is 0.262 e. The van der Waals surface area contributed by atoms with Gasteiger partial charge < -0.3 is 19.3 Å². The van der Waals surface area contributed by atoms with Crippen molar-refractivity contribution in [1.29, 1.82) is 0 Å². The molecule has 55 heavy (non-hydrogen) atoms. The van der Waals surface area contributed by atoms with Gasteiger partial charge in [0, 0.05) is 80.9 Å². The van der Waals surface area contributed by atoms with Gasteiger partial charge in [-0.25, -0.2) is 9.19 Å². The fourth-order valence-corrected chi connectivity index (χ4v) is 10.8. The number of ether oxygens (including phenoxy) is 2. The van der Waals surface area contributed by atoms with Crippen LogP contribution in [0.3, 0.4) is 0 Å². The Labute approximate surface area is 333 Å². The minimum Gasteiger partial charge on any atom is -0.491 e. The van der Waals surface area contributed by atoms with Gasteiger partial charge in [-0.15, -0.1) is 0 Å². The van der Waals surface area contributed by atoms with Crippen LogP contribution in [-0.4, -0.2) is 96.3 Å². The van der Waals surface area contributed by atoms with Gasteiger partial charge in [-0.3, -0.25) is 14.4 Å². The zero-order valence-corrected chi connectivity index (χ0v) is 34.5. The second kappa shape index (κ2) is 16.9. The average Bonchev–Trinajstić information content (AvgIpc) is 3.35.